The SMILES string of the molecule is O=Cc1ccc2nc(COc3ccccc3)nn2c1. The maximum atomic E-state index is 10.7. The van der Waals surface area contributed by atoms with Gasteiger partial charge < -0.3 is 4.74 Å². The van der Waals surface area contributed by atoms with Crippen molar-refractivity contribution < 1.29 is 9.53 Å². The van der Waals surface area contributed by atoms with Crippen LogP contribution in [-0.2, 0) is 6.61 Å². The molecule has 19 heavy (non-hydrogen) atoms. The summed E-state index contributed by atoms with van der Waals surface area (Å²) in [4.78, 5) is 15.0. The maximum Gasteiger partial charge on any atom is 0.189 e. The Morgan fingerprint density at radius 2 is 2.00 bits per heavy atom. The fraction of sp³-hybridized carbons (Fsp3) is 0.0714. The molecule has 0 radical (unpaired) electrons. The van der Waals surface area contributed by atoms with Crippen molar-refractivity contribution in [2.75, 3.05) is 0 Å². The number of nitrogens with zero attached hydrogens (tertiary/aromatic N) is 3. The maximum absolute atomic E-state index is 10.7. The lowest BCUT2D eigenvalue weighted by Gasteiger charge is -2.01. The van der Waals surface area contributed by atoms with Gasteiger partial charge in [-0.15, -0.1) is 5.10 Å². The van der Waals surface area contributed by atoms with E-state index in [1.807, 2.05) is 30.3 Å². The van der Waals surface area contributed by atoms with Crippen molar-refractivity contribution >= 4 is 11.9 Å². The lowest BCUT2D eigenvalue weighted by molar-refractivity contribution is 0.112. The Bertz CT molecular complexity index is 707. The molecule has 0 atom stereocenters. The minimum absolute atomic E-state index is 0.294. The first-order valence-electron chi connectivity index (χ1n) is 5.83. The van der Waals surface area contributed by atoms with Gasteiger partial charge in [0.1, 0.15) is 12.4 Å². The van der Waals surface area contributed by atoms with Crippen LogP contribution < -0.4 is 4.74 Å². The number of aromatic nitrogens is 3. The molecule has 94 valence electrons. The van der Waals surface area contributed by atoms with Gasteiger partial charge in [-0.05, 0) is 24.3 Å². The van der Waals surface area contributed by atoms with Gasteiger partial charge in [0.15, 0.2) is 17.8 Å². The number of para-hydroxylation sites is 1. The van der Waals surface area contributed by atoms with Crippen LogP contribution in [0, 0.1) is 0 Å². The molecule has 2 heterocycles. The predicted octanol–water partition coefficient (Wildman–Crippen LogP) is 2.12. The number of fused-ring (bicyclic) bond motifs is 1. The van der Waals surface area contributed by atoms with E-state index in [4.69, 9.17) is 4.74 Å². The van der Waals surface area contributed by atoms with Crippen molar-refractivity contribution in [3.8, 4) is 5.75 Å². The standard InChI is InChI=1S/C14H11N3O2/c18-9-11-6-7-14-15-13(16-17(14)8-11)10-19-12-4-2-1-3-5-12/h1-9H,10H2. The number of pyridine rings is 1. The quantitative estimate of drug-likeness (QED) is 0.668. The molecule has 0 amide bonds. The van der Waals surface area contributed by atoms with Crippen LogP contribution in [-0.4, -0.2) is 20.9 Å². The molecule has 0 N–H and O–H groups in total. The Kier molecular flexibility index (Phi) is 2.94. The molecule has 3 aromatic rings. The van der Waals surface area contributed by atoms with E-state index < -0.39 is 0 Å². The van der Waals surface area contributed by atoms with Gasteiger partial charge in [-0.1, -0.05) is 18.2 Å². The monoisotopic (exact) mass is 253 g/mol. The molecular formula is C14H11N3O2. The summed E-state index contributed by atoms with van der Waals surface area (Å²) in [5.74, 6) is 1.35. The van der Waals surface area contributed by atoms with E-state index in [-0.39, 0.29) is 0 Å². The third kappa shape index (κ3) is 2.44. The van der Waals surface area contributed by atoms with Crippen LogP contribution in [0.2, 0.25) is 0 Å². The van der Waals surface area contributed by atoms with Crippen LogP contribution in [0.25, 0.3) is 5.65 Å². The molecule has 0 saturated carbocycles. The van der Waals surface area contributed by atoms with E-state index in [9.17, 15) is 4.79 Å². The molecule has 0 aliphatic rings. The molecule has 0 saturated heterocycles. The first-order valence-corrected chi connectivity index (χ1v) is 5.83. The van der Waals surface area contributed by atoms with Gasteiger partial charge in [-0.25, -0.2) is 9.50 Å². The first kappa shape index (κ1) is 11.4. The van der Waals surface area contributed by atoms with Crippen LogP contribution in [0.4, 0.5) is 0 Å². The smallest absolute Gasteiger partial charge is 0.189 e. The summed E-state index contributed by atoms with van der Waals surface area (Å²) in [6.45, 7) is 0.294. The lowest BCUT2D eigenvalue weighted by Crippen LogP contribution is -1.98. The van der Waals surface area contributed by atoms with Crippen LogP contribution in [0.15, 0.2) is 48.7 Å². The third-order valence-electron chi connectivity index (χ3n) is 2.64. The second-order valence-electron chi connectivity index (χ2n) is 4.01. The minimum atomic E-state index is 0.294. The molecule has 0 fully saturated rings. The van der Waals surface area contributed by atoms with Crippen LogP contribution >= 0.6 is 0 Å². The first-order chi connectivity index (χ1) is 9.35. The summed E-state index contributed by atoms with van der Waals surface area (Å²) in [5.41, 5.74) is 1.25. The highest BCUT2D eigenvalue weighted by Gasteiger charge is 2.04. The van der Waals surface area contributed by atoms with Gasteiger partial charge in [-0.2, -0.15) is 0 Å². The number of benzene rings is 1. The summed E-state index contributed by atoms with van der Waals surface area (Å²) in [5, 5.41) is 4.26. The van der Waals surface area contributed by atoms with Crippen molar-refractivity contribution in [1.29, 1.82) is 0 Å². The zero-order valence-electron chi connectivity index (χ0n) is 10.1. The Balaban J connectivity index is 1.80. The second-order valence-corrected chi connectivity index (χ2v) is 4.01. The molecule has 2 aromatic heterocycles. The summed E-state index contributed by atoms with van der Waals surface area (Å²) < 4.78 is 7.15. The van der Waals surface area contributed by atoms with Crippen molar-refractivity contribution in [2.45, 2.75) is 6.61 Å². The van der Waals surface area contributed by atoms with Crippen LogP contribution in [0.1, 0.15) is 16.2 Å². The number of hydrogen-bond acceptors (Lipinski definition) is 4. The Hall–Kier alpha value is -2.69. The summed E-state index contributed by atoms with van der Waals surface area (Å²) in [7, 11) is 0. The van der Waals surface area contributed by atoms with Gasteiger partial charge in [0, 0.05) is 11.8 Å². The van der Waals surface area contributed by atoms with Crippen molar-refractivity contribution in [1.82, 2.24) is 14.6 Å². The summed E-state index contributed by atoms with van der Waals surface area (Å²) in [6, 6.07) is 12.9. The molecular weight excluding hydrogens is 242 g/mol. The number of aldehydes is 1. The number of ether oxygens (including phenoxy) is 1. The van der Waals surface area contributed by atoms with Gasteiger partial charge >= 0.3 is 0 Å². The summed E-state index contributed by atoms with van der Waals surface area (Å²) >= 11 is 0. The van der Waals surface area contributed by atoms with Gasteiger partial charge in [0.05, 0.1) is 0 Å². The summed E-state index contributed by atoms with van der Waals surface area (Å²) in [6.07, 6.45) is 2.42. The molecule has 0 bridgehead atoms. The number of carbonyl (C=O) groups excluding carboxylic acids is 1. The molecule has 0 unspecified atom stereocenters. The molecule has 3 rings (SSSR count). The van der Waals surface area contributed by atoms with Gasteiger partial charge in [0.2, 0.25) is 0 Å². The predicted molar refractivity (Wildman–Crippen MR) is 69.1 cm³/mol. The number of hydrogen-bond donors (Lipinski definition) is 0. The van der Waals surface area contributed by atoms with Crippen LogP contribution in [0.3, 0.4) is 0 Å². The van der Waals surface area contributed by atoms with Crippen molar-refractivity contribution in [2.24, 2.45) is 0 Å². The fourth-order valence-corrected chi connectivity index (χ4v) is 1.74. The molecule has 0 aliphatic heterocycles. The Labute approximate surface area is 109 Å². The fourth-order valence-electron chi connectivity index (χ4n) is 1.74. The largest absolute Gasteiger partial charge is 0.486 e. The van der Waals surface area contributed by atoms with E-state index in [0.717, 1.165) is 12.0 Å². The molecule has 5 heteroatoms. The molecule has 0 aliphatic carbocycles. The van der Waals surface area contributed by atoms with E-state index in [0.29, 0.717) is 23.6 Å². The Morgan fingerprint density at radius 1 is 1.16 bits per heavy atom. The van der Waals surface area contributed by atoms with Crippen molar-refractivity contribution in [3.63, 3.8) is 0 Å². The topological polar surface area (TPSA) is 56.5 Å². The highest BCUT2D eigenvalue weighted by atomic mass is 16.5. The second kappa shape index (κ2) is 4.89. The molecule has 0 spiro atoms. The van der Waals surface area contributed by atoms with Crippen molar-refractivity contribution in [3.05, 3.63) is 60.0 Å². The van der Waals surface area contributed by atoms with E-state index >= 15 is 0 Å². The molecule has 5 nitrogen and oxygen atoms in total. The van der Waals surface area contributed by atoms with E-state index in [1.54, 1.807) is 22.8 Å². The average Bonchev–Trinajstić information content (AvgIpc) is 2.88. The zero-order valence-corrected chi connectivity index (χ0v) is 10.1. The van der Waals surface area contributed by atoms with E-state index in [2.05, 4.69) is 10.1 Å². The minimum Gasteiger partial charge on any atom is -0.486 e. The van der Waals surface area contributed by atoms with Crippen LogP contribution in [0.5, 0.6) is 5.75 Å². The zero-order chi connectivity index (χ0) is 13.1. The van der Waals surface area contributed by atoms with Gasteiger partial charge in [0.25, 0.3) is 0 Å². The average molecular weight is 253 g/mol. The third-order valence-corrected chi connectivity index (χ3v) is 2.64. The lowest BCUT2D eigenvalue weighted by atomic mass is 10.3. The van der Waals surface area contributed by atoms with E-state index in [1.165, 1.54) is 0 Å². The Morgan fingerprint density at radius 3 is 2.79 bits per heavy atom. The van der Waals surface area contributed by atoms with Gasteiger partial charge in [-0.3, -0.25) is 4.79 Å². The number of rotatable bonds is 4. The highest BCUT2D eigenvalue weighted by molar-refractivity contribution is 5.74. The number of carbonyl (C=O) groups is 1. The normalized spacial score (nSPS) is 10.5. The molecule has 1 aromatic carbocycles. The highest BCUT2D eigenvalue weighted by Crippen LogP contribution is 2.11.